The van der Waals surface area contributed by atoms with Gasteiger partial charge in [0, 0.05) is 24.8 Å². The van der Waals surface area contributed by atoms with E-state index >= 15 is 0 Å². The van der Waals surface area contributed by atoms with Crippen LogP contribution in [0.15, 0.2) is 16.9 Å². The first-order valence-electron chi connectivity index (χ1n) is 8.95. The van der Waals surface area contributed by atoms with Crippen molar-refractivity contribution in [3.05, 3.63) is 29.8 Å². The second-order valence-corrected chi connectivity index (χ2v) is 7.20. The Hall–Kier alpha value is -2.51. The quantitative estimate of drug-likeness (QED) is 0.721. The maximum absolute atomic E-state index is 5.62. The third kappa shape index (κ3) is 2.09. The molecule has 1 saturated carbocycles. The van der Waals surface area contributed by atoms with Crippen LogP contribution < -0.4 is 4.90 Å². The molecule has 0 aromatic carbocycles. The van der Waals surface area contributed by atoms with Crippen LogP contribution >= 0.6 is 0 Å². The Morgan fingerprint density at radius 3 is 3.08 bits per heavy atom. The normalized spacial score (nSPS) is 25.8. The number of hydrogen-bond donors (Lipinski definition) is 0. The SMILES string of the molecule is CCc1cc(N2C[C@@H]3CCC[C@]3(c3nc(C)no3)C2)n2ncnc2n1. The van der Waals surface area contributed by atoms with Gasteiger partial charge in [0.25, 0.3) is 5.78 Å². The van der Waals surface area contributed by atoms with Crippen LogP contribution in [0.2, 0.25) is 0 Å². The summed E-state index contributed by atoms with van der Waals surface area (Å²) < 4.78 is 7.46. The number of rotatable bonds is 3. The molecule has 2 aliphatic rings. The van der Waals surface area contributed by atoms with E-state index in [0.29, 0.717) is 17.5 Å². The van der Waals surface area contributed by atoms with Crippen molar-refractivity contribution in [2.24, 2.45) is 5.92 Å². The number of anilines is 1. The molecule has 0 unspecified atom stereocenters. The van der Waals surface area contributed by atoms with E-state index in [1.54, 1.807) is 6.33 Å². The third-order valence-corrected chi connectivity index (χ3v) is 5.80. The average molecular weight is 339 g/mol. The van der Waals surface area contributed by atoms with E-state index in [9.17, 15) is 0 Å². The molecule has 0 spiro atoms. The summed E-state index contributed by atoms with van der Waals surface area (Å²) >= 11 is 0. The largest absolute Gasteiger partial charge is 0.355 e. The monoisotopic (exact) mass is 339 g/mol. The fraction of sp³-hybridized carbons (Fsp3) is 0.588. The molecule has 0 amide bonds. The molecule has 2 fully saturated rings. The molecule has 4 heterocycles. The molecule has 3 aromatic rings. The van der Waals surface area contributed by atoms with Crippen molar-refractivity contribution in [3.63, 3.8) is 0 Å². The highest BCUT2D eigenvalue weighted by Gasteiger charge is 2.54. The molecule has 0 N–H and O–H groups in total. The van der Waals surface area contributed by atoms with E-state index in [2.05, 4.69) is 43.1 Å². The highest BCUT2D eigenvalue weighted by Crippen LogP contribution is 2.50. The van der Waals surface area contributed by atoms with Gasteiger partial charge < -0.3 is 9.42 Å². The van der Waals surface area contributed by atoms with Gasteiger partial charge in [0.15, 0.2) is 5.82 Å². The van der Waals surface area contributed by atoms with Crippen molar-refractivity contribution in [2.45, 2.75) is 44.9 Å². The van der Waals surface area contributed by atoms with Crippen LogP contribution in [0, 0.1) is 12.8 Å². The Balaban J connectivity index is 1.58. The van der Waals surface area contributed by atoms with Crippen LogP contribution in [0.3, 0.4) is 0 Å². The van der Waals surface area contributed by atoms with Crippen molar-refractivity contribution >= 4 is 11.6 Å². The van der Waals surface area contributed by atoms with Crippen LogP contribution in [-0.4, -0.2) is 42.8 Å². The van der Waals surface area contributed by atoms with E-state index in [1.165, 1.54) is 12.8 Å². The van der Waals surface area contributed by atoms with E-state index in [1.807, 2.05) is 11.4 Å². The zero-order chi connectivity index (χ0) is 17.0. The Morgan fingerprint density at radius 1 is 1.36 bits per heavy atom. The molecule has 0 radical (unpaired) electrons. The Kier molecular flexibility index (Phi) is 3.10. The summed E-state index contributed by atoms with van der Waals surface area (Å²) in [5.41, 5.74) is 0.999. The number of aryl methyl sites for hydroxylation is 2. The molecule has 1 aliphatic carbocycles. The predicted octanol–water partition coefficient (Wildman–Crippen LogP) is 1.94. The molecular weight excluding hydrogens is 318 g/mol. The van der Waals surface area contributed by atoms with E-state index < -0.39 is 0 Å². The summed E-state index contributed by atoms with van der Waals surface area (Å²) in [5, 5.41) is 8.42. The lowest BCUT2D eigenvalue weighted by molar-refractivity contribution is 0.265. The standard InChI is InChI=1S/C17H21N7O/c1-3-13-7-14(24-16(21-13)18-10-19-24)23-8-12-5-4-6-17(12,9-23)15-20-11(2)22-25-15/h7,10,12H,3-6,8-9H2,1-2H3/t12-,17-/m0/s1. The second kappa shape index (κ2) is 5.24. The van der Waals surface area contributed by atoms with Crippen LogP contribution in [-0.2, 0) is 11.8 Å². The van der Waals surface area contributed by atoms with Gasteiger partial charge in [-0.25, -0.2) is 4.98 Å². The fourth-order valence-electron chi connectivity index (χ4n) is 4.56. The molecule has 2 atom stereocenters. The Labute approximate surface area is 145 Å². The zero-order valence-corrected chi connectivity index (χ0v) is 14.5. The molecule has 1 saturated heterocycles. The summed E-state index contributed by atoms with van der Waals surface area (Å²) in [6.45, 7) is 5.85. The summed E-state index contributed by atoms with van der Waals surface area (Å²) in [7, 11) is 0. The molecule has 8 nitrogen and oxygen atoms in total. The summed E-state index contributed by atoms with van der Waals surface area (Å²) in [6.07, 6.45) is 5.96. The van der Waals surface area contributed by atoms with Gasteiger partial charge in [0.2, 0.25) is 5.89 Å². The lowest BCUT2D eigenvalue weighted by atomic mass is 9.80. The van der Waals surface area contributed by atoms with E-state index in [0.717, 1.165) is 43.3 Å². The summed E-state index contributed by atoms with van der Waals surface area (Å²) in [4.78, 5) is 15.8. The van der Waals surface area contributed by atoms with Gasteiger partial charge in [0.05, 0.1) is 5.41 Å². The first-order chi connectivity index (χ1) is 12.2. The van der Waals surface area contributed by atoms with Gasteiger partial charge in [-0.2, -0.15) is 19.6 Å². The summed E-state index contributed by atoms with van der Waals surface area (Å²) in [6, 6.07) is 2.13. The third-order valence-electron chi connectivity index (χ3n) is 5.80. The molecule has 1 aliphatic heterocycles. The topological polar surface area (TPSA) is 85.2 Å². The van der Waals surface area contributed by atoms with E-state index in [4.69, 9.17) is 4.52 Å². The van der Waals surface area contributed by atoms with Gasteiger partial charge in [-0.3, -0.25) is 0 Å². The molecule has 3 aromatic heterocycles. The number of hydrogen-bond acceptors (Lipinski definition) is 7. The minimum absolute atomic E-state index is 0.0379. The molecular formula is C17H21N7O. The van der Waals surface area contributed by atoms with Crippen LogP contribution in [0.1, 0.15) is 43.6 Å². The molecule has 5 rings (SSSR count). The minimum atomic E-state index is -0.0379. The number of nitrogens with zero attached hydrogens (tertiary/aromatic N) is 7. The minimum Gasteiger partial charge on any atom is -0.355 e. The lowest BCUT2D eigenvalue weighted by Gasteiger charge is -2.25. The lowest BCUT2D eigenvalue weighted by Crippen LogP contribution is -2.33. The van der Waals surface area contributed by atoms with Gasteiger partial charge >= 0.3 is 0 Å². The fourth-order valence-corrected chi connectivity index (χ4v) is 4.56. The predicted molar refractivity (Wildman–Crippen MR) is 90.4 cm³/mol. The molecule has 25 heavy (non-hydrogen) atoms. The molecule has 0 bridgehead atoms. The number of aromatic nitrogens is 6. The van der Waals surface area contributed by atoms with Gasteiger partial charge in [-0.05, 0) is 32.1 Å². The smallest absolute Gasteiger partial charge is 0.254 e. The first-order valence-corrected chi connectivity index (χ1v) is 8.95. The van der Waals surface area contributed by atoms with Gasteiger partial charge in [0.1, 0.15) is 12.1 Å². The van der Waals surface area contributed by atoms with E-state index in [-0.39, 0.29) is 5.41 Å². The van der Waals surface area contributed by atoms with Crippen LogP contribution in [0.5, 0.6) is 0 Å². The zero-order valence-electron chi connectivity index (χ0n) is 14.5. The van der Waals surface area contributed by atoms with Gasteiger partial charge in [-0.15, -0.1) is 0 Å². The van der Waals surface area contributed by atoms with Gasteiger partial charge in [-0.1, -0.05) is 18.5 Å². The Morgan fingerprint density at radius 2 is 2.28 bits per heavy atom. The van der Waals surface area contributed by atoms with Crippen molar-refractivity contribution in [2.75, 3.05) is 18.0 Å². The average Bonchev–Trinajstić information content (AvgIpc) is 3.35. The highest BCUT2D eigenvalue weighted by molar-refractivity contribution is 5.50. The van der Waals surface area contributed by atoms with Crippen molar-refractivity contribution in [3.8, 4) is 0 Å². The molecule has 130 valence electrons. The van der Waals surface area contributed by atoms with Crippen molar-refractivity contribution in [1.82, 2.24) is 29.7 Å². The maximum atomic E-state index is 5.62. The Bertz CT molecular complexity index is 932. The second-order valence-electron chi connectivity index (χ2n) is 7.20. The van der Waals surface area contributed by atoms with Crippen LogP contribution in [0.25, 0.3) is 5.78 Å². The van der Waals surface area contributed by atoms with Crippen molar-refractivity contribution < 1.29 is 4.52 Å². The summed E-state index contributed by atoms with van der Waals surface area (Å²) in [5.74, 6) is 3.77. The van der Waals surface area contributed by atoms with Crippen LogP contribution in [0.4, 0.5) is 5.82 Å². The number of fused-ring (bicyclic) bond motifs is 2. The highest BCUT2D eigenvalue weighted by atomic mass is 16.5. The first kappa shape index (κ1) is 14.8. The maximum Gasteiger partial charge on any atom is 0.254 e. The molecule has 8 heteroatoms. The van der Waals surface area contributed by atoms with Crippen molar-refractivity contribution in [1.29, 1.82) is 0 Å².